The number of rotatable bonds is 22. The number of nitrogens with one attached hydrogen (secondary N) is 6. The molecule has 0 saturated heterocycles. The van der Waals surface area contributed by atoms with Crippen molar-refractivity contribution in [3.63, 3.8) is 0 Å². The van der Waals surface area contributed by atoms with Gasteiger partial charge < -0.3 is 59.3 Å². The molecule has 1 rings (SSSR count). The Morgan fingerprint density at radius 1 is 0.725 bits per heavy atom. The summed E-state index contributed by atoms with van der Waals surface area (Å²) in [6.07, 6.45) is -1.44. The van der Waals surface area contributed by atoms with Gasteiger partial charge in [0, 0.05) is 12.8 Å². The Bertz CT molecular complexity index is 1420. The molecule has 51 heavy (non-hydrogen) atoms. The van der Waals surface area contributed by atoms with Crippen molar-refractivity contribution < 1.29 is 53.4 Å². The second kappa shape index (κ2) is 21.5. The van der Waals surface area contributed by atoms with Crippen molar-refractivity contribution in [1.29, 1.82) is 0 Å². The van der Waals surface area contributed by atoms with Crippen molar-refractivity contribution in [2.45, 2.75) is 82.7 Å². The molecule has 0 aliphatic carbocycles. The third-order valence-electron chi connectivity index (χ3n) is 7.24. The van der Waals surface area contributed by atoms with E-state index in [-0.39, 0.29) is 6.42 Å². The third kappa shape index (κ3) is 16.1. The molecule has 0 aliphatic heterocycles. The summed E-state index contributed by atoms with van der Waals surface area (Å²) in [4.78, 5) is 111. The van der Waals surface area contributed by atoms with Crippen LogP contribution in [0.3, 0.4) is 0 Å². The van der Waals surface area contributed by atoms with Crippen LogP contribution >= 0.6 is 0 Å². The number of aliphatic hydroxyl groups excluding tert-OH is 1. The van der Waals surface area contributed by atoms with Gasteiger partial charge in [0.1, 0.15) is 30.2 Å². The molecule has 0 fully saturated rings. The van der Waals surface area contributed by atoms with Crippen molar-refractivity contribution in [3.05, 3.63) is 35.9 Å². The summed E-state index contributed by atoms with van der Waals surface area (Å²) in [7, 11) is 0. The lowest BCUT2D eigenvalue weighted by Gasteiger charge is -2.25. The normalized spacial score (nSPS) is 14.3. The van der Waals surface area contributed by atoms with E-state index in [9.17, 15) is 48.3 Å². The Hall–Kier alpha value is -5.63. The molecule has 6 atom stereocenters. The van der Waals surface area contributed by atoms with Crippen molar-refractivity contribution >= 4 is 53.2 Å². The van der Waals surface area contributed by atoms with Crippen LogP contribution in [0.2, 0.25) is 0 Å². The molecule has 0 heterocycles. The summed E-state index contributed by atoms with van der Waals surface area (Å²) >= 11 is 0. The van der Waals surface area contributed by atoms with Crippen molar-refractivity contribution in [1.82, 2.24) is 31.9 Å². The average Bonchev–Trinajstić information content (AvgIpc) is 3.05. The first-order valence-corrected chi connectivity index (χ1v) is 15.8. The smallest absolute Gasteiger partial charge is 0.303 e. The summed E-state index contributed by atoms with van der Waals surface area (Å²) in [6.45, 7) is 2.76. The molecule has 0 aliphatic rings. The van der Waals surface area contributed by atoms with E-state index >= 15 is 0 Å². The molecule has 1 aromatic carbocycles. The van der Waals surface area contributed by atoms with Gasteiger partial charge in [-0.2, -0.15) is 0 Å². The van der Waals surface area contributed by atoms with E-state index in [0.29, 0.717) is 5.56 Å². The zero-order valence-corrected chi connectivity index (χ0v) is 28.5. The predicted molar refractivity (Wildman–Crippen MR) is 178 cm³/mol. The number of carboxylic acids is 1. The lowest BCUT2D eigenvalue weighted by Crippen LogP contribution is -2.59. The first-order chi connectivity index (χ1) is 23.9. The molecule has 20 heteroatoms. The van der Waals surface area contributed by atoms with Crippen LogP contribution in [-0.4, -0.2) is 113 Å². The molecule has 0 aromatic heterocycles. The van der Waals surface area contributed by atoms with Gasteiger partial charge in [-0.25, -0.2) is 0 Å². The Morgan fingerprint density at radius 3 is 1.84 bits per heavy atom. The molecule has 8 amide bonds. The van der Waals surface area contributed by atoms with Crippen LogP contribution in [0.5, 0.6) is 0 Å². The number of hydrogen-bond donors (Lipinski definition) is 11. The van der Waals surface area contributed by atoms with Crippen molar-refractivity contribution in [2.24, 2.45) is 23.1 Å². The van der Waals surface area contributed by atoms with Crippen LogP contribution < -0.4 is 49.1 Å². The SMILES string of the molecule is CC(C)[C@H](NC(=O)[C@@H](N)CC(N)=O)C(=O)NCC(=O)N[C@@H](CO)C(=O)N[C@@H](CCC(=O)O)C(=O)N[C@@H](C)C(=O)N[C@@H](Cc1ccccc1)C(N)=O. The van der Waals surface area contributed by atoms with Gasteiger partial charge >= 0.3 is 5.97 Å². The van der Waals surface area contributed by atoms with Gasteiger partial charge in [0.05, 0.1) is 25.6 Å². The Balaban J connectivity index is 2.87. The van der Waals surface area contributed by atoms with E-state index in [1.54, 1.807) is 44.2 Å². The maximum Gasteiger partial charge on any atom is 0.303 e. The lowest BCUT2D eigenvalue weighted by atomic mass is 10.0. The number of benzene rings is 1. The van der Waals surface area contributed by atoms with E-state index in [1.807, 2.05) is 0 Å². The number of carboxylic acid groups (broad SMARTS) is 1. The van der Waals surface area contributed by atoms with E-state index in [2.05, 4.69) is 31.9 Å². The molecule has 0 saturated carbocycles. The van der Waals surface area contributed by atoms with Gasteiger partial charge in [-0.3, -0.25) is 43.2 Å². The molecule has 20 nitrogen and oxygen atoms in total. The number of carbonyl (C=O) groups excluding carboxylic acids is 8. The number of aliphatic hydroxyl groups is 1. The van der Waals surface area contributed by atoms with Crippen LogP contribution in [0.25, 0.3) is 0 Å². The summed E-state index contributed by atoms with van der Waals surface area (Å²) in [6, 6.07) is 0.548. The molecular formula is C31H47N9O11. The molecule has 14 N–H and O–H groups in total. The highest BCUT2D eigenvalue weighted by Gasteiger charge is 2.31. The molecule has 0 unspecified atom stereocenters. The summed E-state index contributed by atoms with van der Waals surface area (Å²) in [5, 5.41) is 32.7. The number of primary amides is 2. The fourth-order valence-electron chi connectivity index (χ4n) is 4.38. The number of aliphatic carboxylic acids is 1. The van der Waals surface area contributed by atoms with Gasteiger partial charge in [-0.1, -0.05) is 44.2 Å². The van der Waals surface area contributed by atoms with Gasteiger partial charge in [-0.15, -0.1) is 0 Å². The zero-order chi connectivity index (χ0) is 38.8. The van der Waals surface area contributed by atoms with Crippen LogP contribution in [0.1, 0.15) is 45.6 Å². The zero-order valence-electron chi connectivity index (χ0n) is 28.5. The van der Waals surface area contributed by atoms with Crippen molar-refractivity contribution in [2.75, 3.05) is 13.2 Å². The van der Waals surface area contributed by atoms with Crippen LogP contribution in [0.4, 0.5) is 0 Å². The summed E-state index contributed by atoms with van der Waals surface area (Å²) < 4.78 is 0. The number of nitrogens with two attached hydrogens (primary N) is 3. The number of amides is 8. The van der Waals surface area contributed by atoms with E-state index in [4.69, 9.17) is 22.3 Å². The second-order valence-electron chi connectivity index (χ2n) is 11.9. The van der Waals surface area contributed by atoms with E-state index < -0.39 is 128 Å². The van der Waals surface area contributed by atoms with Gasteiger partial charge in [0.15, 0.2) is 0 Å². The molecule has 282 valence electrons. The van der Waals surface area contributed by atoms with E-state index in [0.717, 1.165) is 0 Å². The summed E-state index contributed by atoms with van der Waals surface area (Å²) in [5.74, 6) is -8.97. The van der Waals surface area contributed by atoms with Gasteiger partial charge in [-0.05, 0) is 24.8 Å². The third-order valence-corrected chi connectivity index (χ3v) is 7.24. The average molecular weight is 722 g/mol. The Labute approximate surface area is 293 Å². The Morgan fingerprint density at radius 2 is 1.31 bits per heavy atom. The highest BCUT2D eigenvalue weighted by Crippen LogP contribution is 2.06. The van der Waals surface area contributed by atoms with Crippen molar-refractivity contribution in [3.8, 4) is 0 Å². The fourth-order valence-corrected chi connectivity index (χ4v) is 4.38. The second-order valence-corrected chi connectivity index (χ2v) is 11.9. The predicted octanol–water partition coefficient (Wildman–Crippen LogP) is -5.01. The standard InChI is InChI=1S/C31H47N9O11/c1-15(2)25(40-28(48)18(32)12-22(33)42)31(51)35-13-23(43)37-21(14-41)30(50)38-19(9-10-24(44)45)29(49)36-16(3)27(47)39-20(26(34)46)11-17-7-5-4-6-8-17/h4-8,15-16,18-21,25,41H,9-14,32H2,1-3H3,(H2,33,42)(H2,34,46)(H,35,51)(H,36,49)(H,37,43)(H,38,50)(H,39,47)(H,40,48)(H,44,45)/t16-,18-,19-,20-,21-,25-/m0/s1. The minimum atomic E-state index is -1.67. The maximum atomic E-state index is 13.1. The molecule has 0 spiro atoms. The molecule has 1 aromatic rings. The minimum absolute atomic E-state index is 0.0693. The molecule has 0 radical (unpaired) electrons. The summed E-state index contributed by atoms with van der Waals surface area (Å²) in [5.41, 5.74) is 16.8. The number of hydrogen-bond acceptors (Lipinski definition) is 11. The van der Waals surface area contributed by atoms with Crippen LogP contribution in [0.15, 0.2) is 30.3 Å². The van der Waals surface area contributed by atoms with Gasteiger partial charge in [0.25, 0.3) is 0 Å². The Kier molecular flexibility index (Phi) is 18.3. The first-order valence-electron chi connectivity index (χ1n) is 15.8. The monoisotopic (exact) mass is 721 g/mol. The molecule has 0 bridgehead atoms. The molecular weight excluding hydrogens is 674 g/mol. The largest absolute Gasteiger partial charge is 0.481 e. The van der Waals surface area contributed by atoms with Crippen LogP contribution in [-0.2, 0) is 49.6 Å². The van der Waals surface area contributed by atoms with Crippen LogP contribution in [0, 0.1) is 5.92 Å². The first kappa shape index (κ1) is 43.4. The quantitative estimate of drug-likeness (QED) is 0.0536. The van der Waals surface area contributed by atoms with Gasteiger partial charge in [0.2, 0.25) is 47.3 Å². The fraction of sp³-hybridized carbons (Fsp3) is 0.516. The number of carbonyl (C=O) groups is 9. The minimum Gasteiger partial charge on any atom is -0.481 e. The highest BCUT2D eigenvalue weighted by atomic mass is 16.4. The van der Waals surface area contributed by atoms with E-state index in [1.165, 1.54) is 6.92 Å². The topological polar surface area (TPSA) is 344 Å². The lowest BCUT2D eigenvalue weighted by molar-refractivity contribution is -0.138. The highest BCUT2D eigenvalue weighted by molar-refractivity contribution is 5.97. The maximum absolute atomic E-state index is 13.1.